The van der Waals surface area contributed by atoms with Gasteiger partial charge >= 0.3 is 0 Å². The molecule has 0 aromatic rings. The van der Waals surface area contributed by atoms with Gasteiger partial charge in [0.05, 0.1) is 0 Å². The fourth-order valence-electron chi connectivity index (χ4n) is 21.1. The van der Waals surface area contributed by atoms with Crippen molar-refractivity contribution in [1.82, 2.24) is 0 Å². The Hall–Kier alpha value is 0. The number of hydrogen-bond acceptors (Lipinski definition) is 0. The minimum absolute atomic E-state index is 0.598. The van der Waals surface area contributed by atoms with E-state index >= 15 is 0 Å². The summed E-state index contributed by atoms with van der Waals surface area (Å²) in [6, 6.07) is 0. The SMILES string of the molecule is CC1(C)C2CC(C3CCCC4CC(C5CC6CCCCC6C6CCCCC56)CCC43)CCC2C2CCC(C3CC4CCCCC4C4CCCCC34)CC21. The van der Waals surface area contributed by atoms with Gasteiger partial charge in [0.2, 0.25) is 0 Å². The van der Waals surface area contributed by atoms with E-state index in [0.717, 1.165) is 118 Å². The van der Waals surface area contributed by atoms with E-state index in [1.54, 1.807) is 193 Å². The number of rotatable bonds is 3. The molecule has 53 heavy (non-hydrogen) atoms. The van der Waals surface area contributed by atoms with Crippen LogP contribution in [0.1, 0.15) is 206 Å². The molecule has 11 saturated carbocycles. The van der Waals surface area contributed by atoms with Crippen LogP contribution in [0.25, 0.3) is 0 Å². The topological polar surface area (TPSA) is 0 Å². The lowest BCUT2D eigenvalue weighted by atomic mass is 9.49. The third-order valence-corrected chi connectivity index (χ3v) is 22.9. The first kappa shape index (κ1) is 36.1. The van der Waals surface area contributed by atoms with Crippen molar-refractivity contribution in [3.8, 4) is 0 Å². The van der Waals surface area contributed by atoms with Crippen LogP contribution in [-0.4, -0.2) is 0 Å². The van der Waals surface area contributed by atoms with Crippen LogP contribution in [0.15, 0.2) is 0 Å². The fraction of sp³-hybridized carbons (Fsp3) is 1.00. The van der Waals surface area contributed by atoms with Gasteiger partial charge in [-0.3, -0.25) is 0 Å². The van der Waals surface area contributed by atoms with Crippen molar-refractivity contribution >= 4 is 0 Å². The Kier molecular flexibility index (Phi) is 10.00. The maximum absolute atomic E-state index is 2.86. The molecule has 20 atom stereocenters. The van der Waals surface area contributed by atoms with Crippen molar-refractivity contribution in [2.75, 3.05) is 0 Å². The molecule has 0 amide bonds. The van der Waals surface area contributed by atoms with Crippen molar-refractivity contribution in [2.24, 2.45) is 124 Å². The first-order valence-corrected chi connectivity index (χ1v) is 26.0. The van der Waals surface area contributed by atoms with E-state index in [2.05, 4.69) is 13.8 Å². The standard InChI is InChI=1S/C53H86/c1-53(2)51-31-37(23-26-47(51)48-27-24-38(32-52(48)53)50-30-35-13-4-6-16-41(35)44-18-8-10-20-46(44)50)39-21-11-14-33-28-36(22-25-42(33)39)49-29-34-12-3-5-15-40(34)43-17-7-9-19-45(43)49/h33-52H,3-32H2,1-2H3. The van der Waals surface area contributed by atoms with Crippen LogP contribution in [0.5, 0.6) is 0 Å². The molecule has 298 valence electrons. The highest BCUT2D eigenvalue weighted by Crippen LogP contribution is 2.68. The molecule has 0 aromatic carbocycles. The van der Waals surface area contributed by atoms with Gasteiger partial charge in [0.1, 0.15) is 0 Å². The second-order valence-electron chi connectivity index (χ2n) is 24.5. The van der Waals surface area contributed by atoms with Gasteiger partial charge in [-0.1, -0.05) is 90.9 Å². The van der Waals surface area contributed by atoms with E-state index in [9.17, 15) is 0 Å². The molecule has 11 aliphatic rings. The lowest BCUT2D eigenvalue weighted by Crippen LogP contribution is -2.47. The molecule has 0 spiro atoms. The van der Waals surface area contributed by atoms with E-state index in [1.165, 1.54) is 0 Å². The molecule has 0 saturated heterocycles. The van der Waals surface area contributed by atoms with Crippen LogP contribution in [0.4, 0.5) is 0 Å². The predicted octanol–water partition coefficient (Wildman–Crippen LogP) is 15.2. The zero-order valence-corrected chi connectivity index (χ0v) is 35.3. The van der Waals surface area contributed by atoms with Gasteiger partial charge < -0.3 is 0 Å². The second kappa shape index (κ2) is 14.7. The van der Waals surface area contributed by atoms with Crippen molar-refractivity contribution < 1.29 is 0 Å². The maximum atomic E-state index is 2.86. The average molecular weight is 723 g/mol. The highest BCUT2D eigenvalue weighted by Gasteiger charge is 2.60. The zero-order chi connectivity index (χ0) is 35.3. The largest absolute Gasteiger partial charge is 0.0594 e. The van der Waals surface area contributed by atoms with Crippen molar-refractivity contribution in [3.63, 3.8) is 0 Å². The third-order valence-electron chi connectivity index (χ3n) is 22.9. The summed E-state index contributed by atoms with van der Waals surface area (Å²) in [5, 5.41) is 0. The van der Waals surface area contributed by atoms with E-state index in [0.29, 0.717) is 5.41 Å². The van der Waals surface area contributed by atoms with Crippen LogP contribution < -0.4 is 0 Å². The molecule has 0 heteroatoms. The van der Waals surface area contributed by atoms with E-state index in [1.807, 2.05) is 0 Å². The predicted molar refractivity (Wildman–Crippen MR) is 222 cm³/mol. The molecule has 11 fully saturated rings. The summed E-state index contributed by atoms with van der Waals surface area (Å²) < 4.78 is 0. The van der Waals surface area contributed by atoms with Crippen LogP contribution in [-0.2, 0) is 0 Å². The molecular formula is C53H86. The highest BCUT2D eigenvalue weighted by molar-refractivity contribution is 5.09. The lowest BCUT2D eigenvalue weighted by molar-refractivity contribution is -0.0634. The van der Waals surface area contributed by atoms with Crippen molar-refractivity contribution in [3.05, 3.63) is 0 Å². The number of hydrogen-bond donors (Lipinski definition) is 0. The minimum atomic E-state index is 0.598. The Balaban J connectivity index is 0.759. The summed E-state index contributed by atoms with van der Waals surface area (Å²) in [5.74, 6) is 22.2. The van der Waals surface area contributed by atoms with Crippen LogP contribution in [0.2, 0.25) is 0 Å². The first-order chi connectivity index (χ1) is 26.0. The van der Waals surface area contributed by atoms with E-state index < -0.39 is 0 Å². The Labute approximate surface area is 329 Å². The van der Waals surface area contributed by atoms with Gasteiger partial charge in [-0.05, 0) is 239 Å². The summed E-state index contributed by atoms with van der Waals surface area (Å²) in [7, 11) is 0. The van der Waals surface area contributed by atoms with Crippen molar-refractivity contribution in [1.29, 1.82) is 0 Å². The van der Waals surface area contributed by atoms with Crippen LogP contribution in [0.3, 0.4) is 0 Å². The Morgan fingerprint density at radius 1 is 0.226 bits per heavy atom. The highest BCUT2D eigenvalue weighted by atomic mass is 14.6. The van der Waals surface area contributed by atoms with E-state index in [4.69, 9.17) is 0 Å². The molecule has 0 aliphatic heterocycles. The molecule has 0 bridgehead atoms. The summed E-state index contributed by atoms with van der Waals surface area (Å²) in [4.78, 5) is 0. The fourth-order valence-corrected chi connectivity index (χ4v) is 21.1. The molecule has 20 unspecified atom stereocenters. The minimum Gasteiger partial charge on any atom is -0.0594 e. The zero-order valence-electron chi connectivity index (χ0n) is 35.3. The third kappa shape index (κ3) is 6.18. The molecule has 0 heterocycles. The van der Waals surface area contributed by atoms with Crippen LogP contribution >= 0.6 is 0 Å². The lowest BCUT2D eigenvalue weighted by Gasteiger charge is -2.56. The van der Waals surface area contributed by atoms with Gasteiger partial charge in [-0.15, -0.1) is 0 Å². The number of fused-ring (bicyclic) bond motifs is 10. The van der Waals surface area contributed by atoms with Gasteiger partial charge in [0.25, 0.3) is 0 Å². The van der Waals surface area contributed by atoms with Gasteiger partial charge in [-0.25, -0.2) is 0 Å². The molecule has 11 aliphatic carbocycles. The quantitative estimate of drug-likeness (QED) is 0.272. The van der Waals surface area contributed by atoms with Gasteiger partial charge in [0, 0.05) is 0 Å². The molecular weight excluding hydrogens is 637 g/mol. The van der Waals surface area contributed by atoms with Gasteiger partial charge in [-0.2, -0.15) is 0 Å². The Morgan fingerprint density at radius 3 is 1.06 bits per heavy atom. The first-order valence-electron chi connectivity index (χ1n) is 26.0. The molecule has 0 aromatic heterocycles. The molecule has 0 radical (unpaired) electrons. The summed E-state index contributed by atoms with van der Waals surface area (Å²) in [6.07, 6.45) is 48.4. The Morgan fingerprint density at radius 2 is 0.528 bits per heavy atom. The molecule has 0 N–H and O–H groups in total. The normalized spacial score (nSPS) is 56.3. The molecule has 0 nitrogen and oxygen atoms in total. The van der Waals surface area contributed by atoms with E-state index in [-0.39, 0.29) is 0 Å². The maximum Gasteiger partial charge on any atom is -0.0292 e. The Bertz CT molecular complexity index is 1260. The second-order valence-corrected chi connectivity index (χ2v) is 24.5. The summed E-state index contributed by atoms with van der Waals surface area (Å²) in [6.45, 7) is 5.71. The van der Waals surface area contributed by atoms with Crippen molar-refractivity contribution in [2.45, 2.75) is 206 Å². The summed E-state index contributed by atoms with van der Waals surface area (Å²) in [5.41, 5.74) is 0.598. The van der Waals surface area contributed by atoms with Gasteiger partial charge in [0.15, 0.2) is 0 Å². The summed E-state index contributed by atoms with van der Waals surface area (Å²) >= 11 is 0. The van der Waals surface area contributed by atoms with Crippen LogP contribution in [0, 0.1) is 124 Å². The smallest absolute Gasteiger partial charge is 0.0292 e. The molecule has 11 rings (SSSR count). The monoisotopic (exact) mass is 723 g/mol. The average Bonchev–Trinajstić information content (AvgIpc) is 3.44.